The summed E-state index contributed by atoms with van der Waals surface area (Å²) in [7, 11) is 0. The average Bonchev–Trinajstić information content (AvgIpc) is 3.39. The molecule has 0 aliphatic carbocycles. The molecule has 0 bridgehead atoms. The molecule has 1 amide bonds. The Morgan fingerprint density at radius 3 is 2.59 bits per heavy atom. The molecule has 0 fully saturated rings. The van der Waals surface area contributed by atoms with E-state index in [1.54, 1.807) is 23.1 Å². The van der Waals surface area contributed by atoms with E-state index in [4.69, 9.17) is 4.42 Å². The molecular weight excluding hydrogens is 372 g/mol. The molecule has 2 aromatic heterocycles. The minimum absolute atomic E-state index is 0.181. The molecular formula is C20H18N6O3. The van der Waals surface area contributed by atoms with Crippen LogP contribution in [0.5, 0.6) is 0 Å². The molecule has 4 rings (SSSR count). The van der Waals surface area contributed by atoms with Gasteiger partial charge >= 0.3 is 5.76 Å². The summed E-state index contributed by atoms with van der Waals surface area (Å²) in [6.45, 7) is 1.64. The summed E-state index contributed by atoms with van der Waals surface area (Å²) >= 11 is 0. The number of amides is 1. The molecule has 1 N–H and O–H groups in total. The first-order chi connectivity index (χ1) is 14.1. The third kappa shape index (κ3) is 4.13. The fraction of sp³-hybridized carbons (Fsp3) is 0.150. The van der Waals surface area contributed by atoms with Gasteiger partial charge in [0.1, 0.15) is 19.2 Å². The zero-order valence-electron chi connectivity index (χ0n) is 15.6. The largest absolute Gasteiger partial charge is 0.437 e. The van der Waals surface area contributed by atoms with Gasteiger partial charge in [0.2, 0.25) is 11.8 Å². The normalized spacial score (nSPS) is 11.9. The molecule has 0 unspecified atom stereocenters. The first-order valence-electron chi connectivity index (χ1n) is 8.98. The van der Waals surface area contributed by atoms with E-state index in [2.05, 4.69) is 20.5 Å². The molecule has 2 heterocycles. The van der Waals surface area contributed by atoms with Gasteiger partial charge in [-0.2, -0.15) is 9.78 Å². The lowest BCUT2D eigenvalue weighted by molar-refractivity contribution is -0.122. The smallest absolute Gasteiger partial charge is 0.388 e. The van der Waals surface area contributed by atoms with Crippen LogP contribution in [0.25, 0.3) is 17.1 Å². The fourth-order valence-electron chi connectivity index (χ4n) is 2.87. The van der Waals surface area contributed by atoms with Crippen molar-refractivity contribution >= 4 is 5.91 Å². The van der Waals surface area contributed by atoms with Crippen LogP contribution in [0.2, 0.25) is 0 Å². The molecule has 0 aliphatic rings. The van der Waals surface area contributed by atoms with Crippen LogP contribution < -0.4 is 11.1 Å². The van der Waals surface area contributed by atoms with Crippen molar-refractivity contribution in [3.05, 3.63) is 83.4 Å². The number of carbonyl (C=O) groups is 1. The summed E-state index contributed by atoms with van der Waals surface area (Å²) in [5.41, 5.74) is 2.46. The molecule has 0 spiro atoms. The Labute approximate surface area is 165 Å². The summed E-state index contributed by atoms with van der Waals surface area (Å²) in [5.74, 6) is -0.836. The van der Waals surface area contributed by atoms with E-state index >= 15 is 0 Å². The van der Waals surface area contributed by atoms with E-state index in [-0.39, 0.29) is 24.4 Å². The molecule has 29 heavy (non-hydrogen) atoms. The Hall–Kier alpha value is -4.01. The molecule has 9 nitrogen and oxygen atoms in total. The highest BCUT2D eigenvalue weighted by atomic mass is 16.4. The highest BCUT2D eigenvalue weighted by molar-refractivity contribution is 5.76. The van der Waals surface area contributed by atoms with Gasteiger partial charge in [0.25, 0.3) is 0 Å². The number of carbonyl (C=O) groups excluding carboxylic acids is 1. The zero-order valence-corrected chi connectivity index (χ0v) is 15.6. The second kappa shape index (κ2) is 7.93. The minimum Gasteiger partial charge on any atom is -0.388 e. The standard InChI is InChI=1S/C20H18N6O3/c1-14(15-7-9-17(10-8-15)26-13-21-12-22-26)23-18(27)11-25-20(28)29-19(24-25)16-5-3-2-4-6-16/h2-10,12-14H,11H2,1H3,(H,23,27)/t14-/m0/s1. The van der Waals surface area contributed by atoms with Gasteiger partial charge in [-0.3, -0.25) is 4.79 Å². The van der Waals surface area contributed by atoms with Crippen LogP contribution in [0, 0.1) is 0 Å². The number of hydrogen-bond acceptors (Lipinski definition) is 6. The van der Waals surface area contributed by atoms with Crippen molar-refractivity contribution in [1.29, 1.82) is 0 Å². The molecule has 9 heteroatoms. The van der Waals surface area contributed by atoms with E-state index < -0.39 is 5.76 Å². The summed E-state index contributed by atoms with van der Waals surface area (Å²) in [4.78, 5) is 28.3. The number of benzene rings is 2. The number of hydrogen-bond donors (Lipinski definition) is 1. The van der Waals surface area contributed by atoms with Crippen molar-refractivity contribution in [3.8, 4) is 17.1 Å². The maximum absolute atomic E-state index is 12.4. The molecule has 0 aliphatic heterocycles. The molecule has 0 radical (unpaired) electrons. The monoisotopic (exact) mass is 390 g/mol. The Balaban J connectivity index is 1.41. The van der Waals surface area contributed by atoms with E-state index in [1.165, 1.54) is 6.33 Å². The van der Waals surface area contributed by atoms with Crippen LogP contribution in [0.4, 0.5) is 0 Å². The van der Waals surface area contributed by atoms with Gasteiger partial charge in [-0.1, -0.05) is 30.3 Å². The first-order valence-corrected chi connectivity index (χ1v) is 8.98. The van der Waals surface area contributed by atoms with Gasteiger partial charge in [-0.15, -0.1) is 5.10 Å². The quantitative estimate of drug-likeness (QED) is 0.539. The Bertz CT molecular complexity index is 1150. The minimum atomic E-state index is -0.677. The number of aromatic nitrogens is 5. The van der Waals surface area contributed by atoms with Crippen molar-refractivity contribution in [2.24, 2.45) is 0 Å². The summed E-state index contributed by atoms with van der Waals surface area (Å²) < 4.78 is 7.80. The summed E-state index contributed by atoms with van der Waals surface area (Å²) in [6.07, 6.45) is 3.07. The third-order valence-corrected chi connectivity index (χ3v) is 4.37. The Morgan fingerprint density at radius 2 is 1.90 bits per heavy atom. The van der Waals surface area contributed by atoms with Crippen molar-refractivity contribution in [3.63, 3.8) is 0 Å². The molecule has 4 aromatic rings. The predicted molar refractivity (Wildman–Crippen MR) is 104 cm³/mol. The van der Waals surface area contributed by atoms with E-state index in [9.17, 15) is 9.59 Å². The Morgan fingerprint density at radius 1 is 1.14 bits per heavy atom. The van der Waals surface area contributed by atoms with Crippen molar-refractivity contribution in [2.45, 2.75) is 19.5 Å². The predicted octanol–water partition coefficient (Wildman–Crippen LogP) is 1.96. The SMILES string of the molecule is C[C@H](NC(=O)Cn1nc(-c2ccccc2)oc1=O)c1ccc(-n2cncn2)cc1. The van der Waals surface area contributed by atoms with Gasteiger partial charge in [-0.25, -0.2) is 14.5 Å². The molecule has 146 valence electrons. The average molecular weight is 390 g/mol. The van der Waals surface area contributed by atoms with Crippen molar-refractivity contribution < 1.29 is 9.21 Å². The van der Waals surface area contributed by atoms with Gasteiger partial charge in [0, 0.05) is 5.56 Å². The lowest BCUT2D eigenvalue weighted by atomic mass is 10.1. The summed E-state index contributed by atoms with van der Waals surface area (Å²) in [6, 6.07) is 16.4. The number of nitrogens with one attached hydrogen (secondary N) is 1. The van der Waals surface area contributed by atoms with Gasteiger partial charge in [0.15, 0.2) is 0 Å². The van der Waals surface area contributed by atoms with E-state index in [0.717, 1.165) is 15.9 Å². The molecule has 0 saturated heterocycles. The van der Waals surface area contributed by atoms with Gasteiger partial charge in [0.05, 0.1) is 11.7 Å². The maximum atomic E-state index is 12.4. The van der Waals surface area contributed by atoms with Gasteiger partial charge < -0.3 is 9.73 Å². The Kier molecular flexibility index (Phi) is 5.02. The topological polar surface area (TPSA) is 108 Å². The second-order valence-electron chi connectivity index (χ2n) is 6.42. The lowest BCUT2D eigenvalue weighted by Gasteiger charge is -2.14. The van der Waals surface area contributed by atoms with Crippen molar-refractivity contribution in [1.82, 2.24) is 29.9 Å². The number of nitrogens with zero attached hydrogens (tertiary/aromatic N) is 5. The van der Waals surface area contributed by atoms with Crippen LogP contribution in [0.1, 0.15) is 18.5 Å². The third-order valence-electron chi connectivity index (χ3n) is 4.37. The fourth-order valence-corrected chi connectivity index (χ4v) is 2.87. The van der Waals surface area contributed by atoms with Gasteiger partial charge in [-0.05, 0) is 36.8 Å². The van der Waals surface area contributed by atoms with Crippen LogP contribution in [-0.4, -0.2) is 30.5 Å². The van der Waals surface area contributed by atoms with Crippen LogP contribution in [-0.2, 0) is 11.3 Å². The van der Waals surface area contributed by atoms with Crippen LogP contribution >= 0.6 is 0 Å². The van der Waals surface area contributed by atoms with E-state index in [0.29, 0.717) is 5.56 Å². The highest BCUT2D eigenvalue weighted by Gasteiger charge is 2.15. The number of rotatable bonds is 6. The van der Waals surface area contributed by atoms with Crippen LogP contribution in [0.15, 0.2) is 76.5 Å². The lowest BCUT2D eigenvalue weighted by Crippen LogP contribution is -2.33. The molecule has 1 atom stereocenters. The van der Waals surface area contributed by atoms with Crippen molar-refractivity contribution in [2.75, 3.05) is 0 Å². The van der Waals surface area contributed by atoms with Crippen LogP contribution in [0.3, 0.4) is 0 Å². The second-order valence-corrected chi connectivity index (χ2v) is 6.42. The van der Waals surface area contributed by atoms with E-state index in [1.807, 2.05) is 49.4 Å². The summed E-state index contributed by atoms with van der Waals surface area (Å²) in [5, 5.41) is 11.0. The maximum Gasteiger partial charge on any atom is 0.437 e. The zero-order chi connectivity index (χ0) is 20.2. The molecule has 2 aromatic carbocycles. The first kappa shape index (κ1) is 18.4. The highest BCUT2D eigenvalue weighted by Crippen LogP contribution is 2.16. The molecule has 0 saturated carbocycles.